The van der Waals surface area contributed by atoms with Gasteiger partial charge in [0.05, 0.1) is 6.61 Å². The molecule has 1 atom stereocenters. The van der Waals surface area contributed by atoms with Gasteiger partial charge < -0.3 is 4.74 Å². The maximum absolute atomic E-state index is 5.58. The summed E-state index contributed by atoms with van der Waals surface area (Å²) >= 11 is 1.77. The molecule has 0 amide bonds. The van der Waals surface area contributed by atoms with E-state index < -0.39 is 0 Å². The normalized spacial score (nSPS) is 17.4. The third kappa shape index (κ3) is 2.07. The number of hydrazine groups is 1. The van der Waals surface area contributed by atoms with Gasteiger partial charge in [0.2, 0.25) is 0 Å². The van der Waals surface area contributed by atoms with Gasteiger partial charge in [-0.05, 0) is 31.6 Å². The summed E-state index contributed by atoms with van der Waals surface area (Å²) in [7, 11) is 0. The zero-order valence-corrected chi connectivity index (χ0v) is 9.86. The van der Waals surface area contributed by atoms with E-state index in [1.807, 2.05) is 0 Å². The van der Waals surface area contributed by atoms with E-state index >= 15 is 0 Å². The van der Waals surface area contributed by atoms with Crippen LogP contribution in [0.25, 0.3) is 0 Å². The lowest BCUT2D eigenvalue weighted by molar-refractivity contribution is 0.216. The van der Waals surface area contributed by atoms with Crippen molar-refractivity contribution in [2.45, 2.75) is 26.3 Å². The first-order valence-corrected chi connectivity index (χ1v) is 5.90. The molecule has 1 aliphatic heterocycles. The Morgan fingerprint density at radius 2 is 2.33 bits per heavy atom. The molecule has 1 unspecified atom stereocenters. The van der Waals surface area contributed by atoms with Gasteiger partial charge in [0.1, 0.15) is 11.8 Å². The molecule has 1 aromatic rings. The van der Waals surface area contributed by atoms with Gasteiger partial charge >= 0.3 is 0 Å². The lowest BCUT2D eigenvalue weighted by Gasteiger charge is -2.15. The highest BCUT2D eigenvalue weighted by Gasteiger charge is 2.21. The Morgan fingerprint density at radius 1 is 1.53 bits per heavy atom. The number of rotatable bonds is 3. The number of thiophene rings is 1. The summed E-state index contributed by atoms with van der Waals surface area (Å²) in [4.78, 5) is 2.56. The van der Waals surface area contributed by atoms with Crippen LogP contribution < -0.4 is 11.3 Å². The molecule has 0 aromatic carbocycles. The molecular weight excluding hydrogens is 208 g/mol. The fourth-order valence-corrected chi connectivity index (χ4v) is 2.80. The fraction of sp³-hybridized carbons (Fsp3) is 0.455. The van der Waals surface area contributed by atoms with Gasteiger partial charge in [-0.3, -0.25) is 5.84 Å². The summed E-state index contributed by atoms with van der Waals surface area (Å²) in [6, 6.07) is 2.19. The quantitative estimate of drug-likeness (QED) is 0.611. The second-order valence-electron chi connectivity index (χ2n) is 3.73. The van der Waals surface area contributed by atoms with Gasteiger partial charge in [-0.15, -0.1) is 11.3 Å². The molecule has 2 rings (SSSR count). The molecule has 4 heteroatoms. The summed E-state index contributed by atoms with van der Waals surface area (Å²) in [6.45, 7) is 5.02. The van der Waals surface area contributed by atoms with E-state index in [2.05, 4.69) is 31.4 Å². The standard InChI is InChI=1S/C11H16N2OS/c1-7-6-10(15-8(7)2)11(13-12)9-4-3-5-14-9/h4,6,11,13H,3,5,12H2,1-2H3. The minimum atomic E-state index is 0.0184. The first-order valence-electron chi connectivity index (χ1n) is 5.08. The average molecular weight is 224 g/mol. The first kappa shape index (κ1) is 10.7. The number of hydrogen-bond donors (Lipinski definition) is 2. The zero-order chi connectivity index (χ0) is 10.8. The lowest BCUT2D eigenvalue weighted by atomic mass is 10.1. The van der Waals surface area contributed by atoms with Gasteiger partial charge in [0.15, 0.2) is 0 Å². The Morgan fingerprint density at radius 3 is 2.80 bits per heavy atom. The van der Waals surface area contributed by atoms with Crippen molar-refractivity contribution in [2.75, 3.05) is 6.61 Å². The summed E-state index contributed by atoms with van der Waals surface area (Å²) in [5, 5.41) is 0. The van der Waals surface area contributed by atoms with Crippen LogP contribution in [-0.4, -0.2) is 6.61 Å². The highest BCUT2D eigenvalue weighted by atomic mass is 32.1. The predicted octanol–water partition coefficient (Wildman–Crippen LogP) is 2.17. The molecule has 0 aliphatic carbocycles. The minimum Gasteiger partial charge on any atom is -0.496 e. The highest BCUT2D eigenvalue weighted by Crippen LogP contribution is 2.32. The summed E-state index contributed by atoms with van der Waals surface area (Å²) in [5.74, 6) is 6.54. The first-order chi connectivity index (χ1) is 7.22. The number of ether oxygens (including phenoxy) is 1. The molecule has 2 heterocycles. The number of hydrogen-bond acceptors (Lipinski definition) is 4. The number of aryl methyl sites for hydroxylation is 2. The van der Waals surface area contributed by atoms with Crippen molar-refractivity contribution >= 4 is 11.3 Å². The second kappa shape index (κ2) is 4.35. The van der Waals surface area contributed by atoms with Crippen LogP contribution in [0.1, 0.15) is 27.8 Å². The Labute approximate surface area is 93.9 Å². The van der Waals surface area contributed by atoms with Gasteiger partial charge in [-0.2, -0.15) is 0 Å². The van der Waals surface area contributed by atoms with Gasteiger partial charge in [-0.1, -0.05) is 0 Å². The smallest absolute Gasteiger partial charge is 0.116 e. The van der Waals surface area contributed by atoms with Crippen LogP contribution in [0.15, 0.2) is 17.9 Å². The number of nitrogens with one attached hydrogen (secondary N) is 1. The van der Waals surface area contributed by atoms with E-state index in [9.17, 15) is 0 Å². The largest absolute Gasteiger partial charge is 0.496 e. The van der Waals surface area contributed by atoms with Crippen LogP contribution in [-0.2, 0) is 4.74 Å². The van der Waals surface area contributed by atoms with Crippen molar-refractivity contribution in [1.82, 2.24) is 5.43 Å². The number of nitrogens with two attached hydrogens (primary N) is 1. The Kier molecular flexibility index (Phi) is 3.09. The van der Waals surface area contributed by atoms with E-state index in [4.69, 9.17) is 10.6 Å². The maximum atomic E-state index is 5.58. The van der Waals surface area contributed by atoms with E-state index in [0.29, 0.717) is 0 Å². The van der Waals surface area contributed by atoms with Crippen molar-refractivity contribution in [3.05, 3.63) is 33.2 Å². The zero-order valence-electron chi connectivity index (χ0n) is 9.04. The molecule has 0 spiro atoms. The molecule has 3 N–H and O–H groups in total. The van der Waals surface area contributed by atoms with Crippen molar-refractivity contribution in [1.29, 1.82) is 0 Å². The summed E-state index contributed by atoms with van der Waals surface area (Å²) in [6.07, 6.45) is 3.09. The monoisotopic (exact) mass is 224 g/mol. The molecule has 15 heavy (non-hydrogen) atoms. The van der Waals surface area contributed by atoms with Crippen molar-refractivity contribution in [2.24, 2.45) is 5.84 Å². The molecule has 3 nitrogen and oxygen atoms in total. The molecule has 0 radical (unpaired) electrons. The van der Waals surface area contributed by atoms with E-state index in [1.165, 1.54) is 15.3 Å². The van der Waals surface area contributed by atoms with E-state index in [0.717, 1.165) is 18.8 Å². The van der Waals surface area contributed by atoms with Gasteiger partial charge in [-0.25, -0.2) is 5.43 Å². The third-order valence-corrected chi connectivity index (χ3v) is 3.87. The topological polar surface area (TPSA) is 47.3 Å². The van der Waals surface area contributed by atoms with Crippen LogP contribution in [0.5, 0.6) is 0 Å². The van der Waals surface area contributed by atoms with Crippen LogP contribution in [0, 0.1) is 13.8 Å². The minimum absolute atomic E-state index is 0.0184. The molecule has 0 saturated carbocycles. The predicted molar refractivity (Wildman–Crippen MR) is 62.5 cm³/mol. The summed E-state index contributed by atoms with van der Waals surface area (Å²) in [5.41, 5.74) is 4.13. The molecule has 1 aromatic heterocycles. The Bertz CT molecular complexity index is 364. The molecule has 0 fully saturated rings. The van der Waals surface area contributed by atoms with E-state index in [-0.39, 0.29) is 6.04 Å². The van der Waals surface area contributed by atoms with Crippen LogP contribution >= 0.6 is 11.3 Å². The Hall–Kier alpha value is -0.840. The average Bonchev–Trinajstić information content (AvgIpc) is 2.80. The Balaban J connectivity index is 2.26. The van der Waals surface area contributed by atoms with Crippen LogP contribution in [0.2, 0.25) is 0 Å². The molecule has 1 aliphatic rings. The van der Waals surface area contributed by atoms with Crippen LogP contribution in [0.4, 0.5) is 0 Å². The van der Waals surface area contributed by atoms with Crippen molar-refractivity contribution < 1.29 is 4.74 Å². The van der Waals surface area contributed by atoms with E-state index in [1.54, 1.807) is 11.3 Å². The third-order valence-electron chi connectivity index (χ3n) is 2.65. The van der Waals surface area contributed by atoms with Crippen molar-refractivity contribution in [3.63, 3.8) is 0 Å². The molecule has 0 bridgehead atoms. The molecular formula is C11H16N2OS. The van der Waals surface area contributed by atoms with Gasteiger partial charge in [0.25, 0.3) is 0 Å². The summed E-state index contributed by atoms with van der Waals surface area (Å²) < 4.78 is 5.53. The fourth-order valence-electron chi connectivity index (χ4n) is 1.69. The molecule has 82 valence electrons. The van der Waals surface area contributed by atoms with Gasteiger partial charge in [0, 0.05) is 16.2 Å². The second-order valence-corrected chi connectivity index (χ2v) is 5.02. The van der Waals surface area contributed by atoms with Crippen LogP contribution in [0.3, 0.4) is 0 Å². The molecule has 0 saturated heterocycles. The maximum Gasteiger partial charge on any atom is 0.116 e. The highest BCUT2D eigenvalue weighted by molar-refractivity contribution is 7.12. The SMILES string of the molecule is Cc1cc(C(NN)C2=CCCO2)sc1C. The van der Waals surface area contributed by atoms with Crippen molar-refractivity contribution in [3.8, 4) is 0 Å². The lowest BCUT2D eigenvalue weighted by Crippen LogP contribution is -2.29.